The van der Waals surface area contributed by atoms with Crippen molar-refractivity contribution >= 4 is 5.95 Å². The van der Waals surface area contributed by atoms with Crippen LogP contribution in [0, 0.1) is 0 Å². The molecule has 1 aromatic rings. The summed E-state index contributed by atoms with van der Waals surface area (Å²) in [6.45, 7) is 4.82. The topological polar surface area (TPSA) is 64.3 Å². The third-order valence-corrected chi connectivity index (χ3v) is 2.47. The lowest BCUT2D eigenvalue weighted by Crippen LogP contribution is -2.14. The van der Waals surface area contributed by atoms with Gasteiger partial charge in [0.2, 0.25) is 11.8 Å². The van der Waals surface area contributed by atoms with Crippen LogP contribution < -0.4 is 10.5 Å². The van der Waals surface area contributed by atoms with E-state index in [4.69, 9.17) is 10.5 Å². The Kier molecular flexibility index (Phi) is 2.25. The van der Waals surface area contributed by atoms with Gasteiger partial charge in [-0.3, -0.25) is 4.90 Å². The van der Waals surface area contributed by atoms with Gasteiger partial charge >= 0.3 is 0 Å². The summed E-state index contributed by atoms with van der Waals surface area (Å²) in [6.07, 6.45) is 0. The van der Waals surface area contributed by atoms with Crippen molar-refractivity contribution in [3.05, 3.63) is 11.3 Å². The molecule has 5 heteroatoms. The zero-order valence-electron chi connectivity index (χ0n) is 8.45. The lowest BCUT2D eigenvalue weighted by molar-refractivity contribution is 0.295. The van der Waals surface area contributed by atoms with Gasteiger partial charge in [0.25, 0.3) is 0 Å². The van der Waals surface area contributed by atoms with Crippen molar-refractivity contribution in [3.63, 3.8) is 0 Å². The van der Waals surface area contributed by atoms with E-state index in [-0.39, 0.29) is 0 Å². The van der Waals surface area contributed by atoms with Crippen molar-refractivity contribution in [1.82, 2.24) is 14.9 Å². The van der Waals surface area contributed by atoms with Gasteiger partial charge in [0.05, 0.1) is 18.4 Å². The second-order valence-electron chi connectivity index (χ2n) is 3.32. The number of aromatic nitrogens is 2. The van der Waals surface area contributed by atoms with E-state index in [0.717, 1.165) is 30.9 Å². The number of hydrogen-bond donors (Lipinski definition) is 1. The molecule has 2 rings (SSSR count). The fraction of sp³-hybridized carbons (Fsp3) is 0.556. The van der Waals surface area contributed by atoms with Crippen LogP contribution in [-0.4, -0.2) is 28.5 Å². The SMILES string of the molecule is CCN1Cc2nc(N)nc(OC)c2C1. The maximum absolute atomic E-state index is 5.57. The Morgan fingerprint density at radius 1 is 1.43 bits per heavy atom. The van der Waals surface area contributed by atoms with E-state index < -0.39 is 0 Å². The van der Waals surface area contributed by atoms with E-state index >= 15 is 0 Å². The second kappa shape index (κ2) is 3.42. The molecule has 5 nitrogen and oxygen atoms in total. The maximum Gasteiger partial charge on any atom is 0.223 e. The number of rotatable bonds is 2. The Hall–Kier alpha value is -1.36. The fourth-order valence-electron chi connectivity index (χ4n) is 1.70. The predicted molar refractivity (Wildman–Crippen MR) is 52.8 cm³/mol. The van der Waals surface area contributed by atoms with Gasteiger partial charge in [-0.05, 0) is 6.54 Å². The average molecular weight is 194 g/mol. The third-order valence-electron chi connectivity index (χ3n) is 2.47. The van der Waals surface area contributed by atoms with Crippen LogP contribution in [0.3, 0.4) is 0 Å². The van der Waals surface area contributed by atoms with E-state index in [1.165, 1.54) is 0 Å². The first-order chi connectivity index (χ1) is 6.74. The van der Waals surface area contributed by atoms with Gasteiger partial charge < -0.3 is 10.5 Å². The number of hydrogen-bond acceptors (Lipinski definition) is 5. The summed E-state index contributed by atoms with van der Waals surface area (Å²) >= 11 is 0. The lowest BCUT2D eigenvalue weighted by Gasteiger charge is -2.09. The highest BCUT2D eigenvalue weighted by molar-refractivity contribution is 5.38. The molecule has 76 valence electrons. The number of nitrogens with zero attached hydrogens (tertiary/aromatic N) is 3. The van der Waals surface area contributed by atoms with Crippen LogP contribution in [0.25, 0.3) is 0 Å². The monoisotopic (exact) mass is 194 g/mol. The molecule has 14 heavy (non-hydrogen) atoms. The number of methoxy groups -OCH3 is 1. The Morgan fingerprint density at radius 2 is 2.21 bits per heavy atom. The van der Waals surface area contributed by atoms with Crippen LogP contribution >= 0.6 is 0 Å². The molecule has 2 heterocycles. The Bertz CT molecular complexity index is 353. The molecule has 0 atom stereocenters. The first-order valence-electron chi connectivity index (χ1n) is 4.66. The molecule has 0 amide bonds. The van der Waals surface area contributed by atoms with E-state index in [9.17, 15) is 0 Å². The van der Waals surface area contributed by atoms with Crippen LogP contribution in [-0.2, 0) is 13.1 Å². The molecule has 0 spiro atoms. The number of fused-ring (bicyclic) bond motifs is 1. The number of ether oxygens (including phenoxy) is 1. The van der Waals surface area contributed by atoms with Crippen molar-refractivity contribution in [2.45, 2.75) is 20.0 Å². The van der Waals surface area contributed by atoms with Gasteiger partial charge in [0, 0.05) is 13.1 Å². The van der Waals surface area contributed by atoms with Crippen molar-refractivity contribution < 1.29 is 4.74 Å². The van der Waals surface area contributed by atoms with Crippen molar-refractivity contribution in [2.24, 2.45) is 0 Å². The predicted octanol–water partition coefficient (Wildman–Crippen LogP) is 0.403. The molecule has 1 aromatic heterocycles. The molecule has 0 unspecified atom stereocenters. The Balaban J connectivity index is 2.40. The van der Waals surface area contributed by atoms with Gasteiger partial charge in [0.1, 0.15) is 0 Å². The van der Waals surface area contributed by atoms with E-state index in [1.807, 2.05) is 0 Å². The van der Waals surface area contributed by atoms with Crippen molar-refractivity contribution in [2.75, 3.05) is 19.4 Å². The zero-order valence-corrected chi connectivity index (χ0v) is 8.45. The third kappa shape index (κ3) is 1.39. The first kappa shape index (κ1) is 9.21. The number of nitrogens with two attached hydrogens (primary N) is 1. The maximum atomic E-state index is 5.57. The van der Waals surface area contributed by atoms with Gasteiger partial charge in [-0.1, -0.05) is 6.92 Å². The minimum Gasteiger partial charge on any atom is -0.481 e. The van der Waals surface area contributed by atoms with Gasteiger partial charge in [-0.25, -0.2) is 4.98 Å². The summed E-state index contributed by atoms with van der Waals surface area (Å²) in [7, 11) is 1.61. The van der Waals surface area contributed by atoms with Crippen LogP contribution in [0.15, 0.2) is 0 Å². The summed E-state index contributed by atoms with van der Waals surface area (Å²) in [5.41, 5.74) is 7.64. The van der Waals surface area contributed by atoms with Crippen molar-refractivity contribution in [1.29, 1.82) is 0 Å². The zero-order chi connectivity index (χ0) is 10.1. The Labute approximate surface area is 82.9 Å². The molecule has 1 aliphatic rings. The molecular weight excluding hydrogens is 180 g/mol. The minimum atomic E-state index is 0.290. The molecule has 0 aliphatic carbocycles. The molecule has 0 saturated heterocycles. The summed E-state index contributed by atoms with van der Waals surface area (Å²) < 4.78 is 5.17. The largest absolute Gasteiger partial charge is 0.481 e. The number of anilines is 1. The molecular formula is C9H14N4O. The van der Waals surface area contributed by atoms with Gasteiger partial charge in [-0.2, -0.15) is 4.98 Å². The Morgan fingerprint density at radius 3 is 2.86 bits per heavy atom. The molecule has 0 saturated carbocycles. The standard InChI is InChI=1S/C9H14N4O/c1-3-13-4-6-7(5-13)11-9(10)12-8(6)14-2/h3-5H2,1-2H3,(H2,10,11,12). The smallest absolute Gasteiger partial charge is 0.223 e. The summed E-state index contributed by atoms with van der Waals surface area (Å²) in [4.78, 5) is 10.5. The highest BCUT2D eigenvalue weighted by Crippen LogP contribution is 2.28. The average Bonchev–Trinajstić information content (AvgIpc) is 2.59. The fourth-order valence-corrected chi connectivity index (χ4v) is 1.70. The highest BCUT2D eigenvalue weighted by Gasteiger charge is 2.24. The summed E-state index contributed by atoms with van der Waals surface area (Å²) in [5, 5.41) is 0. The summed E-state index contributed by atoms with van der Waals surface area (Å²) in [6, 6.07) is 0. The molecule has 0 fully saturated rings. The van der Waals surface area contributed by atoms with Crippen LogP contribution in [0.5, 0.6) is 5.88 Å². The second-order valence-corrected chi connectivity index (χ2v) is 3.32. The number of nitrogen functional groups attached to an aromatic ring is 1. The summed E-state index contributed by atoms with van der Waals surface area (Å²) in [5.74, 6) is 0.905. The minimum absolute atomic E-state index is 0.290. The lowest BCUT2D eigenvalue weighted by atomic mass is 10.2. The van der Waals surface area contributed by atoms with Crippen LogP contribution in [0.4, 0.5) is 5.95 Å². The molecule has 0 bridgehead atoms. The van der Waals surface area contributed by atoms with Crippen LogP contribution in [0.1, 0.15) is 18.2 Å². The first-order valence-corrected chi connectivity index (χ1v) is 4.66. The molecule has 1 aliphatic heterocycles. The van der Waals surface area contributed by atoms with Crippen LogP contribution in [0.2, 0.25) is 0 Å². The molecule has 0 aromatic carbocycles. The van der Waals surface area contributed by atoms with E-state index in [2.05, 4.69) is 21.8 Å². The van der Waals surface area contributed by atoms with E-state index in [1.54, 1.807) is 7.11 Å². The van der Waals surface area contributed by atoms with Crippen molar-refractivity contribution in [3.8, 4) is 5.88 Å². The van der Waals surface area contributed by atoms with Gasteiger partial charge in [-0.15, -0.1) is 0 Å². The van der Waals surface area contributed by atoms with E-state index in [0.29, 0.717) is 11.8 Å². The normalized spacial score (nSPS) is 15.6. The van der Waals surface area contributed by atoms with Gasteiger partial charge in [0.15, 0.2) is 0 Å². The highest BCUT2D eigenvalue weighted by atomic mass is 16.5. The quantitative estimate of drug-likeness (QED) is 0.738. The molecule has 2 N–H and O–H groups in total. The molecule has 0 radical (unpaired) electrons.